The number of morpholine rings is 1. The molecular weight excluding hydrogens is 232 g/mol. The SMILES string of the molecule is O=c1[nH]c2cc(CCC3CNCCO3)ccc2o1. The summed E-state index contributed by atoms with van der Waals surface area (Å²) < 4.78 is 10.6. The topological polar surface area (TPSA) is 67.3 Å². The van der Waals surface area contributed by atoms with E-state index in [0.717, 1.165) is 38.1 Å². The number of aryl methyl sites for hydroxylation is 1. The van der Waals surface area contributed by atoms with E-state index >= 15 is 0 Å². The molecule has 1 fully saturated rings. The Morgan fingerprint density at radius 2 is 2.33 bits per heavy atom. The van der Waals surface area contributed by atoms with Crippen LogP contribution in [0.15, 0.2) is 27.4 Å². The number of hydrogen-bond donors (Lipinski definition) is 2. The third-order valence-electron chi connectivity index (χ3n) is 3.24. The maximum Gasteiger partial charge on any atom is 0.417 e. The molecule has 1 saturated heterocycles. The first kappa shape index (κ1) is 11.5. The maximum absolute atomic E-state index is 11.1. The highest BCUT2D eigenvalue weighted by Crippen LogP contribution is 2.15. The fourth-order valence-electron chi connectivity index (χ4n) is 2.29. The summed E-state index contributed by atoms with van der Waals surface area (Å²) in [6, 6.07) is 5.80. The number of H-pyrrole nitrogens is 1. The number of nitrogens with one attached hydrogen (secondary N) is 2. The Morgan fingerprint density at radius 3 is 3.17 bits per heavy atom. The van der Waals surface area contributed by atoms with Gasteiger partial charge >= 0.3 is 5.76 Å². The highest BCUT2D eigenvalue weighted by molar-refractivity contribution is 5.72. The highest BCUT2D eigenvalue weighted by Gasteiger charge is 2.13. The molecule has 0 amide bonds. The Bertz CT molecular complexity index is 581. The van der Waals surface area contributed by atoms with Gasteiger partial charge in [-0.3, -0.25) is 4.98 Å². The number of benzene rings is 1. The molecule has 1 aromatic heterocycles. The minimum Gasteiger partial charge on any atom is -0.408 e. The minimum absolute atomic E-state index is 0.290. The largest absolute Gasteiger partial charge is 0.417 e. The predicted molar refractivity (Wildman–Crippen MR) is 67.8 cm³/mol. The van der Waals surface area contributed by atoms with Crippen LogP contribution in [0.5, 0.6) is 0 Å². The van der Waals surface area contributed by atoms with E-state index in [-0.39, 0.29) is 6.10 Å². The van der Waals surface area contributed by atoms with Crippen molar-refractivity contribution in [1.29, 1.82) is 0 Å². The molecule has 1 unspecified atom stereocenters. The van der Waals surface area contributed by atoms with Crippen LogP contribution in [0.2, 0.25) is 0 Å². The van der Waals surface area contributed by atoms with Crippen LogP contribution in [0.3, 0.4) is 0 Å². The number of aromatic amines is 1. The molecule has 5 nitrogen and oxygen atoms in total. The molecule has 2 aromatic rings. The molecule has 5 heteroatoms. The monoisotopic (exact) mass is 248 g/mol. The molecule has 2 N–H and O–H groups in total. The Balaban J connectivity index is 1.68. The van der Waals surface area contributed by atoms with Crippen LogP contribution >= 0.6 is 0 Å². The van der Waals surface area contributed by atoms with Gasteiger partial charge in [0.25, 0.3) is 0 Å². The number of ether oxygens (including phenoxy) is 1. The zero-order chi connectivity index (χ0) is 12.4. The molecule has 0 radical (unpaired) electrons. The lowest BCUT2D eigenvalue weighted by Crippen LogP contribution is -2.38. The van der Waals surface area contributed by atoms with E-state index in [2.05, 4.69) is 10.3 Å². The van der Waals surface area contributed by atoms with E-state index in [1.807, 2.05) is 18.2 Å². The quantitative estimate of drug-likeness (QED) is 0.851. The molecule has 1 atom stereocenters. The molecule has 0 bridgehead atoms. The standard InChI is InChI=1S/C13H16N2O3/c16-13-15-11-7-9(2-4-12(11)18-13)1-3-10-8-14-5-6-17-10/h2,4,7,10,14H,1,3,5-6,8H2,(H,15,16). The van der Waals surface area contributed by atoms with E-state index in [4.69, 9.17) is 9.15 Å². The van der Waals surface area contributed by atoms with Crippen molar-refractivity contribution < 1.29 is 9.15 Å². The summed E-state index contributed by atoms with van der Waals surface area (Å²) in [4.78, 5) is 13.7. The first-order chi connectivity index (χ1) is 8.81. The Kier molecular flexibility index (Phi) is 3.17. The Labute approximate surface area is 104 Å². The second-order valence-corrected chi connectivity index (χ2v) is 4.58. The van der Waals surface area contributed by atoms with E-state index in [1.54, 1.807) is 0 Å². The summed E-state index contributed by atoms with van der Waals surface area (Å²) in [6.45, 7) is 2.66. The van der Waals surface area contributed by atoms with Crippen molar-refractivity contribution in [2.45, 2.75) is 18.9 Å². The normalized spacial score (nSPS) is 20.3. The van der Waals surface area contributed by atoms with E-state index in [0.29, 0.717) is 5.58 Å². The summed E-state index contributed by atoms with van der Waals surface area (Å²) in [7, 11) is 0. The summed E-state index contributed by atoms with van der Waals surface area (Å²) in [5.41, 5.74) is 2.56. The smallest absolute Gasteiger partial charge is 0.408 e. The average molecular weight is 248 g/mol. The van der Waals surface area contributed by atoms with Crippen molar-refractivity contribution in [3.05, 3.63) is 34.3 Å². The third-order valence-corrected chi connectivity index (χ3v) is 3.24. The van der Waals surface area contributed by atoms with Gasteiger partial charge in [-0.15, -0.1) is 0 Å². The molecule has 0 spiro atoms. The van der Waals surface area contributed by atoms with E-state index in [1.165, 1.54) is 5.56 Å². The van der Waals surface area contributed by atoms with Crippen molar-refractivity contribution in [3.63, 3.8) is 0 Å². The lowest BCUT2D eigenvalue weighted by atomic mass is 10.1. The first-order valence-electron chi connectivity index (χ1n) is 6.25. The van der Waals surface area contributed by atoms with Crippen molar-refractivity contribution in [2.24, 2.45) is 0 Å². The number of rotatable bonds is 3. The Hall–Kier alpha value is -1.59. The predicted octanol–water partition coefficient (Wildman–Crippen LogP) is 1.04. The molecule has 1 aliphatic rings. The van der Waals surface area contributed by atoms with Gasteiger partial charge in [-0.1, -0.05) is 6.07 Å². The summed E-state index contributed by atoms with van der Waals surface area (Å²) in [5.74, 6) is -0.401. The van der Waals surface area contributed by atoms with Crippen LogP contribution in [0.1, 0.15) is 12.0 Å². The van der Waals surface area contributed by atoms with Crippen LogP contribution in [0, 0.1) is 0 Å². The van der Waals surface area contributed by atoms with Crippen molar-refractivity contribution in [2.75, 3.05) is 19.7 Å². The van der Waals surface area contributed by atoms with Gasteiger partial charge in [0.2, 0.25) is 0 Å². The third kappa shape index (κ3) is 2.47. The van der Waals surface area contributed by atoms with Crippen LogP contribution < -0.4 is 11.1 Å². The van der Waals surface area contributed by atoms with Gasteiger partial charge in [-0.05, 0) is 30.5 Å². The van der Waals surface area contributed by atoms with Gasteiger partial charge in [-0.25, -0.2) is 4.79 Å². The number of oxazole rings is 1. The van der Waals surface area contributed by atoms with E-state index in [9.17, 15) is 4.79 Å². The van der Waals surface area contributed by atoms with Crippen LogP contribution in [-0.2, 0) is 11.2 Å². The molecule has 2 heterocycles. The summed E-state index contributed by atoms with van der Waals surface area (Å²) >= 11 is 0. The van der Waals surface area contributed by atoms with Gasteiger partial charge in [0, 0.05) is 13.1 Å². The molecule has 96 valence electrons. The Morgan fingerprint density at radius 1 is 1.39 bits per heavy atom. The van der Waals surface area contributed by atoms with Crippen LogP contribution in [0.25, 0.3) is 11.1 Å². The van der Waals surface area contributed by atoms with Crippen molar-refractivity contribution >= 4 is 11.1 Å². The molecule has 1 aliphatic heterocycles. The fourth-order valence-corrected chi connectivity index (χ4v) is 2.29. The zero-order valence-corrected chi connectivity index (χ0v) is 10.1. The van der Waals surface area contributed by atoms with Gasteiger partial charge < -0.3 is 14.5 Å². The molecule has 0 aliphatic carbocycles. The maximum atomic E-state index is 11.1. The molecule has 18 heavy (non-hydrogen) atoms. The van der Waals surface area contributed by atoms with Gasteiger partial charge in [0.1, 0.15) is 0 Å². The second kappa shape index (κ2) is 4.96. The van der Waals surface area contributed by atoms with Crippen molar-refractivity contribution in [3.8, 4) is 0 Å². The number of fused-ring (bicyclic) bond motifs is 1. The molecule has 0 saturated carbocycles. The molecular formula is C13H16N2O3. The minimum atomic E-state index is -0.401. The van der Waals surface area contributed by atoms with Gasteiger partial charge in [-0.2, -0.15) is 0 Å². The highest BCUT2D eigenvalue weighted by atomic mass is 16.5. The van der Waals surface area contributed by atoms with Gasteiger partial charge in [0.15, 0.2) is 5.58 Å². The second-order valence-electron chi connectivity index (χ2n) is 4.58. The lowest BCUT2D eigenvalue weighted by Gasteiger charge is -2.23. The van der Waals surface area contributed by atoms with Crippen LogP contribution in [-0.4, -0.2) is 30.8 Å². The van der Waals surface area contributed by atoms with Gasteiger partial charge in [0.05, 0.1) is 18.2 Å². The average Bonchev–Trinajstić information content (AvgIpc) is 2.77. The molecule has 1 aromatic carbocycles. The first-order valence-corrected chi connectivity index (χ1v) is 6.25. The number of hydrogen-bond acceptors (Lipinski definition) is 4. The number of aromatic nitrogens is 1. The summed E-state index contributed by atoms with van der Waals surface area (Å²) in [6.07, 6.45) is 2.22. The van der Waals surface area contributed by atoms with Crippen molar-refractivity contribution in [1.82, 2.24) is 10.3 Å². The fraction of sp³-hybridized carbons (Fsp3) is 0.462. The zero-order valence-electron chi connectivity index (χ0n) is 10.1. The molecule has 3 rings (SSSR count). The lowest BCUT2D eigenvalue weighted by molar-refractivity contribution is 0.0238. The van der Waals surface area contributed by atoms with Crippen LogP contribution in [0.4, 0.5) is 0 Å². The summed E-state index contributed by atoms with van der Waals surface area (Å²) in [5, 5.41) is 3.32. The van der Waals surface area contributed by atoms with E-state index < -0.39 is 5.76 Å².